The molecule has 0 aliphatic heterocycles. The molecule has 0 fully saturated rings. The van der Waals surface area contributed by atoms with Crippen molar-refractivity contribution in [2.24, 2.45) is 0 Å². The SMILES string of the molecule is CCOC(=O)CCC(=O)c1nc(Cc2c(F)ccc(Cl)c2F)cc(Br)c1O. The lowest BCUT2D eigenvalue weighted by Gasteiger charge is -2.10. The summed E-state index contributed by atoms with van der Waals surface area (Å²) in [4.78, 5) is 27.7. The van der Waals surface area contributed by atoms with Crippen LogP contribution < -0.4 is 0 Å². The van der Waals surface area contributed by atoms with Crippen molar-refractivity contribution in [2.45, 2.75) is 26.2 Å². The fourth-order valence-corrected chi connectivity index (χ4v) is 2.95. The van der Waals surface area contributed by atoms with Gasteiger partial charge in [0.25, 0.3) is 0 Å². The molecule has 0 atom stereocenters. The molecular formula is C18H15BrClF2NO4. The largest absolute Gasteiger partial charge is 0.504 e. The van der Waals surface area contributed by atoms with Gasteiger partial charge >= 0.3 is 5.97 Å². The van der Waals surface area contributed by atoms with E-state index in [4.69, 9.17) is 16.3 Å². The van der Waals surface area contributed by atoms with E-state index < -0.39 is 29.1 Å². The third-order valence-corrected chi connectivity index (χ3v) is 4.52. The van der Waals surface area contributed by atoms with Crippen LogP contribution in [-0.4, -0.2) is 28.4 Å². The van der Waals surface area contributed by atoms with Crippen LogP contribution in [0, 0.1) is 11.6 Å². The van der Waals surface area contributed by atoms with Crippen molar-refractivity contribution in [2.75, 3.05) is 6.61 Å². The zero-order chi connectivity index (χ0) is 20.1. The van der Waals surface area contributed by atoms with E-state index in [2.05, 4.69) is 20.9 Å². The molecule has 1 N–H and O–H groups in total. The van der Waals surface area contributed by atoms with Gasteiger partial charge in [-0.1, -0.05) is 11.6 Å². The molecule has 144 valence electrons. The van der Waals surface area contributed by atoms with E-state index in [0.29, 0.717) is 0 Å². The van der Waals surface area contributed by atoms with Crippen LogP contribution in [0.2, 0.25) is 5.02 Å². The molecule has 1 heterocycles. The molecule has 2 rings (SSSR count). The first kappa shape index (κ1) is 21.2. The smallest absolute Gasteiger partial charge is 0.306 e. The fourth-order valence-electron chi connectivity index (χ4n) is 2.32. The van der Waals surface area contributed by atoms with Crippen LogP contribution in [0.1, 0.15) is 41.5 Å². The van der Waals surface area contributed by atoms with Crippen LogP contribution in [0.15, 0.2) is 22.7 Å². The molecule has 0 spiro atoms. The number of carbonyl (C=O) groups is 2. The number of rotatable bonds is 7. The number of hydrogen-bond donors (Lipinski definition) is 1. The van der Waals surface area contributed by atoms with Gasteiger partial charge in [-0.3, -0.25) is 9.59 Å². The Morgan fingerprint density at radius 2 is 2.00 bits per heavy atom. The van der Waals surface area contributed by atoms with Crippen molar-refractivity contribution in [3.63, 3.8) is 0 Å². The minimum absolute atomic E-state index is 0.134. The van der Waals surface area contributed by atoms with Gasteiger partial charge in [-0.05, 0) is 41.1 Å². The van der Waals surface area contributed by atoms with E-state index >= 15 is 0 Å². The van der Waals surface area contributed by atoms with Crippen LogP contribution >= 0.6 is 27.5 Å². The summed E-state index contributed by atoms with van der Waals surface area (Å²) in [6.07, 6.45) is -0.683. The maximum atomic E-state index is 14.1. The number of ether oxygens (including phenoxy) is 1. The lowest BCUT2D eigenvalue weighted by Crippen LogP contribution is -2.11. The highest BCUT2D eigenvalue weighted by Crippen LogP contribution is 2.30. The van der Waals surface area contributed by atoms with Crippen molar-refractivity contribution in [1.29, 1.82) is 0 Å². The number of pyridine rings is 1. The van der Waals surface area contributed by atoms with Crippen LogP contribution in [0.5, 0.6) is 5.75 Å². The highest BCUT2D eigenvalue weighted by atomic mass is 79.9. The first-order chi connectivity index (χ1) is 12.7. The standard InChI is InChI=1S/C18H15BrClF2NO4/c1-2-27-15(25)6-5-14(24)17-18(26)11(19)8-9(23-17)7-10-13(21)4-3-12(20)16(10)22/h3-4,8,26H,2,5-7H2,1H3. The second-order valence-electron chi connectivity index (χ2n) is 5.52. The Morgan fingerprint density at radius 3 is 2.67 bits per heavy atom. The van der Waals surface area contributed by atoms with Crippen LogP contribution in [0.25, 0.3) is 0 Å². The zero-order valence-electron chi connectivity index (χ0n) is 14.2. The molecule has 9 heteroatoms. The molecule has 2 aromatic rings. The molecule has 0 saturated carbocycles. The number of ketones is 1. The number of aromatic nitrogens is 1. The van der Waals surface area contributed by atoms with Gasteiger partial charge in [0.05, 0.1) is 22.5 Å². The average Bonchev–Trinajstić information content (AvgIpc) is 2.63. The van der Waals surface area contributed by atoms with Gasteiger partial charge < -0.3 is 9.84 Å². The summed E-state index contributed by atoms with van der Waals surface area (Å²) >= 11 is 8.77. The summed E-state index contributed by atoms with van der Waals surface area (Å²) in [6.45, 7) is 1.83. The monoisotopic (exact) mass is 461 g/mol. The number of aromatic hydroxyl groups is 1. The lowest BCUT2D eigenvalue weighted by molar-refractivity contribution is -0.143. The predicted molar refractivity (Wildman–Crippen MR) is 98.0 cm³/mol. The van der Waals surface area contributed by atoms with Crippen LogP contribution in [-0.2, 0) is 16.0 Å². The third-order valence-electron chi connectivity index (χ3n) is 3.62. The number of Topliss-reactive ketones (excluding diaryl/α,β-unsaturated/α-hetero) is 1. The van der Waals surface area contributed by atoms with Gasteiger partial charge in [-0.15, -0.1) is 0 Å². The molecule has 0 radical (unpaired) electrons. The molecule has 0 aliphatic carbocycles. The molecule has 0 aliphatic rings. The summed E-state index contributed by atoms with van der Waals surface area (Å²) in [5.41, 5.74) is -0.469. The molecule has 0 unspecified atom stereocenters. The average molecular weight is 463 g/mol. The van der Waals surface area contributed by atoms with E-state index in [-0.39, 0.29) is 52.3 Å². The fraction of sp³-hybridized carbons (Fsp3) is 0.278. The molecule has 27 heavy (non-hydrogen) atoms. The van der Waals surface area contributed by atoms with E-state index in [0.717, 1.165) is 12.1 Å². The Kier molecular flexibility index (Phi) is 7.26. The summed E-state index contributed by atoms with van der Waals surface area (Å²) in [5.74, 6) is -3.30. The van der Waals surface area contributed by atoms with E-state index in [1.165, 1.54) is 6.07 Å². The van der Waals surface area contributed by atoms with E-state index in [1.807, 2.05) is 0 Å². The molecule has 0 amide bonds. The maximum Gasteiger partial charge on any atom is 0.306 e. The number of carbonyl (C=O) groups excluding carboxylic acids is 2. The summed E-state index contributed by atoms with van der Waals surface area (Å²) in [5, 5.41) is 9.82. The second kappa shape index (κ2) is 9.23. The van der Waals surface area contributed by atoms with Crippen LogP contribution in [0.4, 0.5) is 8.78 Å². The quantitative estimate of drug-likeness (QED) is 0.370. The predicted octanol–water partition coefficient (Wildman–Crippen LogP) is 4.60. The minimum Gasteiger partial charge on any atom is -0.504 e. The minimum atomic E-state index is -0.919. The topological polar surface area (TPSA) is 76.5 Å². The van der Waals surface area contributed by atoms with Gasteiger partial charge in [-0.25, -0.2) is 13.8 Å². The first-order valence-electron chi connectivity index (χ1n) is 7.94. The first-order valence-corrected chi connectivity index (χ1v) is 9.11. The number of esters is 1. The zero-order valence-corrected chi connectivity index (χ0v) is 16.5. The molecular weight excluding hydrogens is 448 g/mol. The molecule has 1 aromatic carbocycles. The van der Waals surface area contributed by atoms with Crippen molar-refractivity contribution >= 4 is 39.3 Å². The number of halogens is 4. The number of hydrogen-bond acceptors (Lipinski definition) is 5. The lowest BCUT2D eigenvalue weighted by atomic mass is 10.1. The van der Waals surface area contributed by atoms with Crippen molar-refractivity contribution in [3.8, 4) is 5.75 Å². The third kappa shape index (κ3) is 5.23. The summed E-state index contributed by atoms with van der Waals surface area (Å²) in [6, 6.07) is 3.47. The summed E-state index contributed by atoms with van der Waals surface area (Å²) < 4.78 is 32.9. The molecule has 0 saturated heterocycles. The summed E-state index contributed by atoms with van der Waals surface area (Å²) in [7, 11) is 0. The van der Waals surface area contributed by atoms with Gasteiger partial charge in [0.2, 0.25) is 0 Å². The van der Waals surface area contributed by atoms with E-state index in [1.54, 1.807) is 6.92 Å². The van der Waals surface area contributed by atoms with Gasteiger partial charge in [-0.2, -0.15) is 0 Å². The Morgan fingerprint density at radius 1 is 1.30 bits per heavy atom. The van der Waals surface area contributed by atoms with E-state index in [9.17, 15) is 23.5 Å². The number of nitrogens with zero attached hydrogens (tertiary/aromatic N) is 1. The van der Waals surface area contributed by atoms with Crippen molar-refractivity contribution in [1.82, 2.24) is 4.98 Å². The van der Waals surface area contributed by atoms with Crippen LogP contribution in [0.3, 0.4) is 0 Å². The molecule has 1 aromatic heterocycles. The number of benzene rings is 1. The normalized spacial score (nSPS) is 10.7. The van der Waals surface area contributed by atoms with Gasteiger partial charge in [0.1, 0.15) is 17.3 Å². The molecule has 0 bridgehead atoms. The van der Waals surface area contributed by atoms with Gasteiger partial charge in [0.15, 0.2) is 11.5 Å². The van der Waals surface area contributed by atoms with Gasteiger partial charge in [0, 0.05) is 24.1 Å². The Labute approximate surface area is 167 Å². The Bertz CT molecular complexity index is 892. The highest BCUT2D eigenvalue weighted by Gasteiger charge is 2.20. The highest BCUT2D eigenvalue weighted by molar-refractivity contribution is 9.10. The van der Waals surface area contributed by atoms with Crippen molar-refractivity contribution in [3.05, 3.63) is 56.3 Å². The van der Waals surface area contributed by atoms with Crippen molar-refractivity contribution < 1.29 is 28.2 Å². The second-order valence-corrected chi connectivity index (χ2v) is 6.78. The Balaban J connectivity index is 2.29. The maximum absolute atomic E-state index is 14.1. The Hall–Kier alpha value is -2.06. The molecule has 5 nitrogen and oxygen atoms in total.